The van der Waals surface area contributed by atoms with Gasteiger partial charge in [-0.2, -0.15) is 0 Å². The number of non-ortho nitro benzene ring substituents is 1. The molecule has 0 aliphatic carbocycles. The summed E-state index contributed by atoms with van der Waals surface area (Å²) in [6.07, 6.45) is 1.25. The largest absolute Gasteiger partial charge is 0.496 e. The van der Waals surface area contributed by atoms with E-state index in [4.69, 9.17) is 13.9 Å². The number of carbonyl (C=O) groups excluding carboxylic acids is 1. The fourth-order valence-corrected chi connectivity index (χ4v) is 5.54. The van der Waals surface area contributed by atoms with E-state index in [1.165, 1.54) is 41.2 Å². The molecule has 0 saturated carbocycles. The number of nitrogens with zero attached hydrogens (tertiary/aromatic N) is 3. The molecule has 2 aromatic carbocycles. The Kier molecular flexibility index (Phi) is 7.22. The van der Waals surface area contributed by atoms with Gasteiger partial charge in [0.2, 0.25) is 0 Å². The summed E-state index contributed by atoms with van der Waals surface area (Å²) < 4.78 is 18.7. The van der Waals surface area contributed by atoms with Crippen molar-refractivity contribution >= 4 is 29.1 Å². The molecule has 0 amide bonds. The van der Waals surface area contributed by atoms with Crippen LogP contribution in [0.2, 0.25) is 0 Å². The van der Waals surface area contributed by atoms with Crippen molar-refractivity contribution < 1.29 is 23.6 Å². The van der Waals surface area contributed by atoms with Gasteiger partial charge in [-0.1, -0.05) is 41.7 Å². The number of esters is 1. The highest BCUT2D eigenvalue weighted by atomic mass is 32.1. The number of thiazole rings is 1. The Hall–Kier alpha value is -4.77. The average molecular weight is 560 g/mol. The number of allylic oxidation sites excluding steroid dienone is 1. The zero-order valence-corrected chi connectivity index (χ0v) is 22.9. The maximum Gasteiger partial charge on any atom is 0.338 e. The first-order valence-electron chi connectivity index (χ1n) is 12.4. The highest BCUT2D eigenvalue weighted by Gasteiger charge is 2.33. The number of nitro benzene ring substituents is 1. The minimum absolute atomic E-state index is 0.106. The Labute approximate surface area is 232 Å². The van der Waals surface area contributed by atoms with E-state index in [9.17, 15) is 19.7 Å². The van der Waals surface area contributed by atoms with Gasteiger partial charge in [0.15, 0.2) is 4.80 Å². The van der Waals surface area contributed by atoms with Gasteiger partial charge < -0.3 is 13.9 Å². The highest BCUT2D eigenvalue weighted by molar-refractivity contribution is 7.07. The average Bonchev–Trinajstić information content (AvgIpc) is 3.51. The van der Waals surface area contributed by atoms with Crippen molar-refractivity contribution in [2.45, 2.75) is 32.9 Å². The van der Waals surface area contributed by atoms with Gasteiger partial charge in [0.05, 0.1) is 45.5 Å². The van der Waals surface area contributed by atoms with Crippen LogP contribution >= 0.6 is 11.3 Å². The fourth-order valence-electron chi connectivity index (χ4n) is 4.52. The standard InChI is InChI=1S/C29H25N3O7S/c1-16(2)38-28(34)25-17(3)30-29-31(26(25)18-8-6-5-7-9-18)27(33)24(40-29)15-20-11-13-23(39-20)21-14-19(32(35)36)10-12-22(21)37-4/h5-16,26H,1-4H3. The molecular weight excluding hydrogens is 534 g/mol. The monoisotopic (exact) mass is 559 g/mol. The molecule has 4 aromatic rings. The van der Waals surface area contributed by atoms with E-state index in [1.54, 1.807) is 39.0 Å². The van der Waals surface area contributed by atoms with Crippen LogP contribution in [0.15, 0.2) is 86.1 Å². The van der Waals surface area contributed by atoms with E-state index < -0.39 is 16.9 Å². The summed E-state index contributed by atoms with van der Waals surface area (Å²) in [6.45, 7) is 5.26. The second-order valence-corrected chi connectivity index (χ2v) is 10.3. The van der Waals surface area contributed by atoms with Gasteiger partial charge in [0.25, 0.3) is 11.2 Å². The van der Waals surface area contributed by atoms with E-state index >= 15 is 0 Å². The van der Waals surface area contributed by atoms with Gasteiger partial charge >= 0.3 is 5.97 Å². The van der Waals surface area contributed by atoms with Crippen molar-refractivity contribution in [3.8, 4) is 17.1 Å². The molecule has 5 rings (SSSR count). The van der Waals surface area contributed by atoms with E-state index in [0.717, 1.165) is 5.56 Å². The van der Waals surface area contributed by atoms with Gasteiger partial charge in [-0.3, -0.25) is 19.5 Å². The molecule has 0 radical (unpaired) electrons. The Morgan fingerprint density at radius 2 is 1.93 bits per heavy atom. The lowest BCUT2D eigenvalue weighted by molar-refractivity contribution is -0.384. The smallest absolute Gasteiger partial charge is 0.338 e. The number of carbonyl (C=O) groups is 1. The van der Waals surface area contributed by atoms with Crippen LogP contribution in [-0.2, 0) is 9.53 Å². The Morgan fingerprint density at radius 3 is 2.60 bits per heavy atom. The van der Waals surface area contributed by atoms with Crippen LogP contribution in [0.5, 0.6) is 5.75 Å². The highest BCUT2D eigenvalue weighted by Crippen LogP contribution is 2.35. The summed E-state index contributed by atoms with van der Waals surface area (Å²) in [6, 6.07) is 16.1. The first-order chi connectivity index (χ1) is 19.2. The van der Waals surface area contributed by atoms with Crippen molar-refractivity contribution in [2.24, 2.45) is 4.99 Å². The molecule has 3 heterocycles. The molecule has 0 spiro atoms. The topological polar surface area (TPSA) is 126 Å². The van der Waals surface area contributed by atoms with Crippen LogP contribution in [-0.4, -0.2) is 28.7 Å². The third kappa shape index (κ3) is 4.98. The van der Waals surface area contributed by atoms with Gasteiger partial charge in [0.1, 0.15) is 17.3 Å². The van der Waals surface area contributed by atoms with Crippen molar-refractivity contribution in [3.05, 3.63) is 113 Å². The molecule has 0 bridgehead atoms. The maximum absolute atomic E-state index is 13.8. The molecule has 0 fully saturated rings. The molecule has 0 N–H and O–H groups in total. The molecule has 11 heteroatoms. The lowest BCUT2D eigenvalue weighted by Gasteiger charge is -2.25. The summed E-state index contributed by atoms with van der Waals surface area (Å²) in [5, 5.41) is 11.3. The predicted molar refractivity (Wildman–Crippen MR) is 149 cm³/mol. The normalized spacial score (nSPS) is 15.1. The van der Waals surface area contributed by atoms with Crippen LogP contribution < -0.4 is 19.6 Å². The Balaban J connectivity index is 1.62. The van der Waals surface area contributed by atoms with Gasteiger partial charge in [-0.15, -0.1) is 0 Å². The summed E-state index contributed by atoms with van der Waals surface area (Å²) in [5.41, 5.74) is 1.49. The Bertz CT molecular complexity index is 1830. The number of aromatic nitrogens is 1. The lowest BCUT2D eigenvalue weighted by atomic mass is 9.96. The number of furan rings is 1. The molecule has 1 aliphatic rings. The van der Waals surface area contributed by atoms with E-state index in [1.807, 2.05) is 30.3 Å². The summed E-state index contributed by atoms with van der Waals surface area (Å²) in [5.74, 6) is 0.586. The SMILES string of the molecule is COc1ccc([N+](=O)[O-])cc1-c1ccc(C=c2sc3n(c2=O)C(c2ccccc2)C(C(=O)OC(C)C)=C(C)N=3)o1. The predicted octanol–water partition coefficient (Wildman–Crippen LogP) is 4.36. The number of rotatable bonds is 7. The molecule has 10 nitrogen and oxygen atoms in total. The second-order valence-electron chi connectivity index (χ2n) is 9.29. The summed E-state index contributed by atoms with van der Waals surface area (Å²) in [7, 11) is 1.46. The number of ether oxygens (including phenoxy) is 2. The van der Waals surface area contributed by atoms with Gasteiger partial charge in [0, 0.05) is 18.2 Å². The molecule has 1 atom stereocenters. The third-order valence-corrected chi connectivity index (χ3v) is 7.24. The van der Waals surface area contributed by atoms with E-state index in [0.29, 0.717) is 43.4 Å². The first-order valence-corrected chi connectivity index (χ1v) is 13.2. The zero-order valence-electron chi connectivity index (χ0n) is 22.1. The number of fused-ring (bicyclic) bond motifs is 1. The number of benzene rings is 2. The van der Waals surface area contributed by atoms with Crippen LogP contribution in [0, 0.1) is 10.1 Å². The van der Waals surface area contributed by atoms with Crippen molar-refractivity contribution in [1.29, 1.82) is 0 Å². The quantitative estimate of drug-likeness (QED) is 0.187. The van der Waals surface area contributed by atoms with E-state index in [-0.39, 0.29) is 17.4 Å². The maximum atomic E-state index is 13.8. The minimum Gasteiger partial charge on any atom is -0.496 e. The first kappa shape index (κ1) is 26.8. The number of hydrogen-bond acceptors (Lipinski definition) is 9. The lowest BCUT2D eigenvalue weighted by Crippen LogP contribution is -2.40. The molecule has 0 saturated heterocycles. The van der Waals surface area contributed by atoms with E-state index in [2.05, 4.69) is 4.99 Å². The second kappa shape index (κ2) is 10.8. The van der Waals surface area contributed by atoms with Crippen molar-refractivity contribution in [2.75, 3.05) is 7.11 Å². The van der Waals surface area contributed by atoms with Crippen molar-refractivity contribution in [3.63, 3.8) is 0 Å². The summed E-state index contributed by atoms with van der Waals surface area (Å²) in [4.78, 5) is 42.7. The van der Waals surface area contributed by atoms with Crippen LogP contribution in [0.25, 0.3) is 17.4 Å². The summed E-state index contributed by atoms with van der Waals surface area (Å²) >= 11 is 1.17. The van der Waals surface area contributed by atoms with Crippen molar-refractivity contribution in [1.82, 2.24) is 4.57 Å². The fraction of sp³-hybridized carbons (Fsp3) is 0.207. The van der Waals surface area contributed by atoms with Crippen LogP contribution in [0.1, 0.15) is 38.1 Å². The molecule has 40 heavy (non-hydrogen) atoms. The third-order valence-electron chi connectivity index (χ3n) is 6.26. The van der Waals surface area contributed by atoms with Crippen LogP contribution in [0.3, 0.4) is 0 Å². The molecular formula is C29H25N3O7S. The number of nitro groups is 1. The zero-order chi connectivity index (χ0) is 28.6. The van der Waals surface area contributed by atoms with Gasteiger partial charge in [-0.25, -0.2) is 9.79 Å². The molecule has 1 aliphatic heterocycles. The Morgan fingerprint density at radius 1 is 1.18 bits per heavy atom. The minimum atomic E-state index is -0.716. The molecule has 204 valence electrons. The molecule has 2 aromatic heterocycles. The van der Waals surface area contributed by atoms with Gasteiger partial charge in [-0.05, 0) is 44.5 Å². The number of hydrogen-bond donors (Lipinski definition) is 0. The molecule has 1 unspecified atom stereocenters. The number of methoxy groups -OCH3 is 1. The van der Waals surface area contributed by atoms with Crippen LogP contribution in [0.4, 0.5) is 5.69 Å².